The van der Waals surface area contributed by atoms with Gasteiger partial charge in [-0.1, -0.05) is 18.2 Å². The van der Waals surface area contributed by atoms with Gasteiger partial charge in [-0.15, -0.1) is 0 Å². The van der Waals surface area contributed by atoms with Crippen LogP contribution in [-0.2, 0) is 4.79 Å². The molecule has 0 radical (unpaired) electrons. The van der Waals surface area contributed by atoms with Crippen LogP contribution < -0.4 is 19.5 Å². The Kier molecular flexibility index (Phi) is 5.46. The zero-order valence-corrected chi connectivity index (χ0v) is 13.8. The van der Waals surface area contributed by atoms with Crippen molar-refractivity contribution in [1.82, 2.24) is 0 Å². The average Bonchev–Trinajstić information content (AvgIpc) is 2.56. The van der Waals surface area contributed by atoms with Gasteiger partial charge in [-0.2, -0.15) is 0 Å². The third-order valence-corrected chi connectivity index (χ3v) is 3.42. The Labute approximate surface area is 136 Å². The van der Waals surface area contributed by atoms with Crippen LogP contribution in [0.5, 0.6) is 17.2 Å². The highest BCUT2D eigenvalue weighted by molar-refractivity contribution is 5.94. The van der Waals surface area contributed by atoms with E-state index in [-0.39, 0.29) is 5.91 Å². The van der Waals surface area contributed by atoms with Gasteiger partial charge >= 0.3 is 0 Å². The maximum absolute atomic E-state index is 12.3. The second kappa shape index (κ2) is 7.54. The van der Waals surface area contributed by atoms with E-state index in [1.165, 1.54) is 0 Å². The lowest BCUT2D eigenvalue weighted by Crippen LogP contribution is -2.30. The van der Waals surface area contributed by atoms with E-state index in [1.807, 2.05) is 31.2 Å². The quantitative estimate of drug-likeness (QED) is 0.887. The Morgan fingerprint density at radius 3 is 2.35 bits per heavy atom. The van der Waals surface area contributed by atoms with Crippen LogP contribution in [0.25, 0.3) is 0 Å². The van der Waals surface area contributed by atoms with Gasteiger partial charge in [-0.25, -0.2) is 0 Å². The highest BCUT2D eigenvalue weighted by Crippen LogP contribution is 2.29. The molecule has 2 aromatic rings. The lowest BCUT2D eigenvalue weighted by Gasteiger charge is -2.17. The van der Waals surface area contributed by atoms with E-state index in [2.05, 4.69) is 5.32 Å². The SMILES string of the molecule is COc1ccc(NC(=O)C(C)Oc2ccccc2C)cc1OC. The first-order chi connectivity index (χ1) is 11.0. The number of amides is 1. The second-order valence-corrected chi connectivity index (χ2v) is 5.08. The molecule has 1 unspecified atom stereocenters. The molecular weight excluding hydrogens is 294 g/mol. The summed E-state index contributed by atoms with van der Waals surface area (Å²) in [5.74, 6) is 1.62. The Balaban J connectivity index is 2.05. The topological polar surface area (TPSA) is 56.8 Å². The van der Waals surface area contributed by atoms with Gasteiger partial charge in [0.25, 0.3) is 5.91 Å². The van der Waals surface area contributed by atoms with Gasteiger partial charge in [-0.05, 0) is 37.6 Å². The highest BCUT2D eigenvalue weighted by atomic mass is 16.5. The molecule has 0 aliphatic rings. The fourth-order valence-corrected chi connectivity index (χ4v) is 2.09. The van der Waals surface area contributed by atoms with Gasteiger partial charge in [0.05, 0.1) is 14.2 Å². The van der Waals surface area contributed by atoms with Gasteiger partial charge < -0.3 is 19.5 Å². The van der Waals surface area contributed by atoms with Crippen molar-refractivity contribution in [1.29, 1.82) is 0 Å². The Morgan fingerprint density at radius 2 is 1.70 bits per heavy atom. The van der Waals surface area contributed by atoms with E-state index in [9.17, 15) is 4.79 Å². The molecule has 2 aromatic carbocycles. The fraction of sp³-hybridized carbons (Fsp3) is 0.278. The first kappa shape index (κ1) is 16.7. The number of hydrogen-bond acceptors (Lipinski definition) is 4. The molecular formula is C18H21NO4. The van der Waals surface area contributed by atoms with Crippen LogP contribution in [0.15, 0.2) is 42.5 Å². The van der Waals surface area contributed by atoms with Crippen molar-refractivity contribution in [3.05, 3.63) is 48.0 Å². The normalized spacial score (nSPS) is 11.5. The summed E-state index contributed by atoms with van der Waals surface area (Å²) in [7, 11) is 3.11. The molecule has 2 rings (SSSR count). The van der Waals surface area contributed by atoms with Crippen molar-refractivity contribution in [3.63, 3.8) is 0 Å². The van der Waals surface area contributed by atoms with Crippen molar-refractivity contribution in [3.8, 4) is 17.2 Å². The van der Waals surface area contributed by atoms with Crippen molar-refractivity contribution >= 4 is 11.6 Å². The highest BCUT2D eigenvalue weighted by Gasteiger charge is 2.16. The van der Waals surface area contributed by atoms with Crippen LogP contribution in [0.1, 0.15) is 12.5 Å². The van der Waals surface area contributed by atoms with E-state index in [0.29, 0.717) is 22.9 Å². The predicted molar refractivity (Wildman–Crippen MR) is 89.4 cm³/mol. The number of ether oxygens (including phenoxy) is 3. The van der Waals surface area contributed by atoms with Crippen LogP contribution in [0, 0.1) is 6.92 Å². The first-order valence-electron chi connectivity index (χ1n) is 7.30. The summed E-state index contributed by atoms with van der Waals surface area (Å²) in [6, 6.07) is 12.8. The van der Waals surface area contributed by atoms with Crippen molar-refractivity contribution in [2.75, 3.05) is 19.5 Å². The third-order valence-electron chi connectivity index (χ3n) is 3.42. The van der Waals surface area contributed by atoms with E-state index in [1.54, 1.807) is 39.3 Å². The monoisotopic (exact) mass is 315 g/mol. The van der Waals surface area contributed by atoms with E-state index < -0.39 is 6.10 Å². The summed E-state index contributed by atoms with van der Waals surface area (Å²) in [5.41, 5.74) is 1.60. The number of carbonyl (C=O) groups excluding carboxylic acids is 1. The minimum absolute atomic E-state index is 0.236. The Morgan fingerprint density at radius 1 is 1.00 bits per heavy atom. The van der Waals surface area contributed by atoms with Crippen LogP contribution in [0.2, 0.25) is 0 Å². The van der Waals surface area contributed by atoms with Crippen LogP contribution in [0.3, 0.4) is 0 Å². The number of methoxy groups -OCH3 is 2. The molecule has 1 atom stereocenters. The molecule has 0 heterocycles. The van der Waals surface area contributed by atoms with Crippen molar-refractivity contribution in [2.24, 2.45) is 0 Å². The number of rotatable bonds is 6. The third kappa shape index (κ3) is 4.16. The van der Waals surface area contributed by atoms with Gasteiger partial charge in [0.2, 0.25) is 0 Å². The molecule has 5 heteroatoms. The van der Waals surface area contributed by atoms with Crippen molar-refractivity contribution < 1.29 is 19.0 Å². The molecule has 0 spiro atoms. The summed E-state index contributed by atoms with van der Waals surface area (Å²) in [4.78, 5) is 12.3. The minimum Gasteiger partial charge on any atom is -0.493 e. The molecule has 5 nitrogen and oxygen atoms in total. The number of para-hydroxylation sites is 1. The molecule has 0 bridgehead atoms. The molecule has 0 saturated heterocycles. The first-order valence-corrected chi connectivity index (χ1v) is 7.30. The molecule has 0 aromatic heterocycles. The van der Waals surface area contributed by atoms with Crippen LogP contribution in [0.4, 0.5) is 5.69 Å². The van der Waals surface area contributed by atoms with E-state index in [4.69, 9.17) is 14.2 Å². The number of anilines is 1. The maximum Gasteiger partial charge on any atom is 0.265 e. The van der Waals surface area contributed by atoms with Crippen molar-refractivity contribution in [2.45, 2.75) is 20.0 Å². The molecule has 0 saturated carbocycles. The van der Waals surface area contributed by atoms with Crippen LogP contribution >= 0.6 is 0 Å². The summed E-state index contributed by atoms with van der Waals surface area (Å²) in [6.07, 6.45) is -0.621. The fourth-order valence-electron chi connectivity index (χ4n) is 2.09. The molecule has 122 valence electrons. The van der Waals surface area contributed by atoms with Crippen LogP contribution in [-0.4, -0.2) is 26.2 Å². The zero-order valence-electron chi connectivity index (χ0n) is 13.8. The van der Waals surface area contributed by atoms with Gasteiger partial charge in [0.1, 0.15) is 5.75 Å². The zero-order chi connectivity index (χ0) is 16.8. The van der Waals surface area contributed by atoms with Gasteiger partial charge in [0, 0.05) is 11.8 Å². The van der Waals surface area contributed by atoms with Gasteiger partial charge in [0.15, 0.2) is 17.6 Å². The number of aryl methyl sites for hydroxylation is 1. The molecule has 0 aliphatic heterocycles. The Bertz CT molecular complexity index is 684. The minimum atomic E-state index is -0.621. The molecule has 0 aliphatic carbocycles. The predicted octanol–water partition coefficient (Wildman–Crippen LogP) is 3.42. The number of hydrogen-bond donors (Lipinski definition) is 1. The Hall–Kier alpha value is -2.69. The maximum atomic E-state index is 12.3. The lowest BCUT2D eigenvalue weighted by atomic mass is 10.2. The van der Waals surface area contributed by atoms with Gasteiger partial charge in [-0.3, -0.25) is 4.79 Å². The molecule has 1 N–H and O–H groups in total. The second-order valence-electron chi connectivity index (χ2n) is 5.08. The lowest BCUT2D eigenvalue weighted by molar-refractivity contribution is -0.122. The largest absolute Gasteiger partial charge is 0.493 e. The molecule has 1 amide bonds. The summed E-state index contributed by atoms with van der Waals surface area (Å²) in [6.45, 7) is 3.65. The smallest absolute Gasteiger partial charge is 0.265 e. The summed E-state index contributed by atoms with van der Waals surface area (Å²) in [5, 5.41) is 2.81. The molecule has 23 heavy (non-hydrogen) atoms. The summed E-state index contributed by atoms with van der Waals surface area (Å²) >= 11 is 0. The van der Waals surface area contributed by atoms with E-state index >= 15 is 0 Å². The van der Waals surface area contributed by atoms with E-state index in [0.717, 1.165) is 5.56 Å². The summed E-state index contributed by atoms with van der Waals surface area (Å²) < 4.78 is 16.1. The number of carbonyl (C=O) groups is 1. The standard InChI is InChI=1S/C18H21NO4/c1-12-7-5-6-8-15(12)23-13(2)18(20)19-14-9-10-16(21-3)17(11-14)22-4/h5-11,13H,1-4H3,(H,19,20). The molecule has 0 fully saturated rings. The number of benzene rings is 2. The number of nitrogens with one attached hydrogen (secondary N) is 1. The average molecular weight is 315 g/mol.